The third-order valence-electron chi connectivity index (χ3n) is 3.95. The summed E-state index contributed by atoms with van der Waals surface area (Å²) in [5, 5.41) is 8.93. The highest BCUT2D eigenvalue weighted by Gasteiger charge is 2.40. The molecule has 1 fully saturated rings. The minimum absolute atomic E-state index is 0.0386. The van der Waals surface area contributed by atoms with Gasteiger partial charge in [-0.1, -0.05) is 0 Å². The zero-order chi connectivity index (χ0) is 17.3. The number of aliphatic carboxylic acids is 1. The summed E-state index contributed by atoms with van der Waals surface area (Å²) in [5.74, 6) is -5.09. The smallest absolute Gasteiger partial charge is 0.326 e. The standard InChI is InChI=1S/C15H16F2N2O4/c1-8(15(22)23)18(2)13(20)12-3-4-19(14(12)21)11-6-9(16)5-10(17)7-11/h5-8,12H,3-4H2,1-2H3,(H,22,23)/t8-,12+/m0/s1. The second kappa shape index (κ2) is 6.31. The van der Waals surface area contributed by atoms with Crippen molar-refractivity contribution in [1.29, 1.82) is 0 Å². The number of anilines is 1. The van der Waals surface area contributed by atoms with Crippen LogP contribution in [0.2, 0.25) is 0 Å². The molecule has 1 heterocycles. The lowest BCUT2D eigenvalue weighted by molar-refractivity contribution is -0.151. The van der Waals surface area contributed by atoms with Crippen molar-refractivity contribution < 1.29 is 28.3 Å². The van der Waals surface area contributed by atoms with E-state index in [0.29, 0.717) is 6.07 Å². The minimum atomic E-state index is -1.18. The lowest BCUT2D eigenvalue weighted by Crippen LogP contribution is -2.45. The Hall–Kier alpha value is -2.51. The first-order chi connectivity index (χ1) is 10.7. The topological polar surface area (TPSA) is 77.9 Å². The molecule has 1 aromatic carbocycles. The van der Waals surface area contributed by atoms with Gasteiger partial charge in [0, 0.05) is 25.3 Å². The van der Waals surface area contributed by atoms with Crippen molar-refractivity contribution in [3.63, 3.8) is 0 Å². The van der Waals surface area contributed by atoms with Gasteiger partial charge in [0.15, 0.2) is 0 Å². The van der Waals surface area contributed by atoms with Crippen LogP contribution in [0.25, 0.3) is 0 Å². The van der Waals surface area contributed by atoms with Crippen LogP contribution in [-0.2, 0) is 14.4 Å². The van der Waals surface area contributed by atoms with Gasteiger partial charge in [-0.25, -0.2) is 13.6 Å². The number of likely N-dealkylation sites (N-methyl/N-ethyl adjacent to an activating group) is 1. The van der Waals surface area contributed by atoms with Crippen molar-refractivity contribution in [2.45, 2.75) is 19.4 Å². The Bertz CT molecular complexity index is 645. The molecule has 0 unspecified atom stereocenters. The van der Waals surface area contributed by atoms with E-state index in [4.69, 9.17) is 5.11 Å². The lowest BCUT2D eigenvalue weighted by atomic mass is 10.1. The predicted molar refractivity (Wildman–Crippen MR) is 76.7 cm³/mol. The highest BCUT2D eigenvalue weighted by atomic mass is 19.1. The number of amides is 2. The van der Waals surface area contributed by atoms with Crippen LogP contribution in [0.3, 0.4) is 0 Å². The van der Waals surface area contributed by atoms with Gasteiger partial charge in [-0.2, -0.15) is 0 Å². The van der Waals surface area contributed by atoms with E-state index in [-0.39, 0.29) is 18.7 Å². The molecule has 2 amide bonds. The van der Waals surface area contributed by atoms with Gasteiger partial charge in [0.25, 0.3) is 0 Å². The largest absolute Gasteiger partial charge is 0.480 e. The molecular formula is C15H16F2N2O4. The van der Waals surface area contributed by atoms with Crippen LogP contribution in [0.15, 0.2) is 18.2 Å². The van der Waals surface area contributed by atoms with E-state index in [2.05, 4.69) is 0 Å². The van der Waals surface area contributed by atoms with E-state index in [9.17, 15) is 23.2 Å². The molecule has 0 aliphatic carbocycles. The number of rotatable bonds is 4. The van der Waals surface area contributed by atoms with Crippen molar-refractivity contribution in [3.05, 3.63) is 29.8 Å². The fraction of sp³-hybridized carbons (Fsp3) is 0.400. The average molecular weight is 326 g/mol. The molecule has 124 valence electrons. The molecule has 1 saturated heterocycles. The number of halogens is 2. The Kier molecular flexibility index (Phi) is 4.63. The molecule has 1 N–H and O–H groups in total. The second-order valence-corrected chi connectivity index (χ2v) is 5.42. The van der Waals surface area contributed by atoms with E-state index in [1.807, 2.05) is 0 Å². The quantitative estimate of drug-likeness (QED) is 0.845. The fourth-order valence-corrected chi connectivity index (χ4v) is 2.46. The van der Waals surface area contributed by atoms with Crippen LogP contribution in [0, 0.1) is 17.6 Å². The third-order valence-corrected chi connectivity index (χ3v) is 3.95. The number of carboxylic acids is 1. The Morgan fingerprint density at radius 2 is 1.87 bits per heavy atom. The Labute approximate surface area is 131 Å². The van der Waals surface area contributed by atoms with Crippen LogP contribution in [0.1, 0.15) is 13.3 Å². The normalized spacial score (nSPS) is 18.9. The number of nitrogens with zero attached hydrogens (tertiary/aromatic N) is 2. The molecule has 0 radical (unpaired) electrons. The second-order valence-electron chi connectivity index (χ2n) is 5.42. The molecular weight excluding hydrogens is 310 g/mol. The molecule has 0 bridgehead atoms. The lowest BCUT2D eigenvalue weighted by Gasteiger charge is -2.24. The number of hydrogen-bond acceptors (Lipinski definition) is 3. The van der Waals surface area contributed by atoms with E-state index in [0.717, 1.165) is 21.9 Å². The molecule has 1 aromatic rings. The number of carbonyl (C=O) groups is 3. The molecule has 1 aliphatic heterocycles. The van der Waals surface area contributed by atoms with Crippen molar-refractivity contribution in [1.82, 2.24) is 4.90 Å². The van der Waals surface area contributed by atoms with Gasteiger partial charge >= 0.3 is 5.97 Å². The van der Waals surface area contributed by atoms with E-state index in [1.54, 1.807) is 0 Å². The van der Waals surface area contributed by atoms with E-state index < -0.39 is 41.4 Å². The Balaban J connectivity index is 2.18. The SMILES string of the molecule is C[C@@H](C(=O)O)N(C)C(=O)[C@H]1CCN(c2cc(F)cc(F)c2)C1=O. The maximum absolute atomic E-state index is 13.3. The minimum Gasteiger partial charge on any atom is -0.480 e. The molecule has 23 heavy (non-hydrogen) atoms. The number of carboxylic acid groups (broad SMARTS) is 1. The molecule has 1 aliphatic rings. The van der Waals surface area contributed by atoms with Gasteiger partial charge in [0.1, 0.15) is 23.6 Å². The molecule has 0 saturated carbocycles. The molecule has 0 spiro atoms. The molecule has 2 rings (SSSR count). The van der Waals surface area contributed by atoms with Crippen molar-refractivity contribution in [3.8, 4) is 0 Å². The van der Waals surface area contributed by atoms with Crippen LogP contribution >= 0.6 is 0 Å². The molecule has 2 atom stereocenters. The van der Waals surface area contributed by atoms with Gasteiger partial charge in [-0.05, 0) is 25.5 Å². The molecule has 0 aromatic heterocycles. The van der Waals surface area contributed by atoms with E-state index in [1.165, 1.54) is 14.0 Å². The summed E-state index contributed by atoms with van der Waals surface area (Å²) in [6.45, 7) is 1.47. The number of hydrogen-bond donors (Lipinski definition) is 1. The Morgan fingerprint density at radius 3 is 2.39 bits per heavy atom. The van der Waals surface area contributed by atoms with Gasteiger partial charge in [0.05, 0.1) is 0 Å². The van der Waals surface area contributed by atoms with Crippen molar-refractivity contribution in [2.75, 3.05) is 18.5 Å². The van der Waals surface area contributed by atoms with Gasteiger partial charge in [0.2, 0.25) is 11.8 Å². The van der Waals surface area contributed by atoms with Gasteiger partial charge < -0.3 is 14.9 Å². The molecule has 8 heteroatoms. The summed E-state index contributed by atoms with van der Waals surface area (Å²) < 4.78 is 26.5. The van der Waals surface area contributed by atoms with Crippen LogP contribution in [-0.4, -0.2) is 47.4 Å². The van der Waals surface area contributed by atoms with Gasteiger partial charge in [-0.3, -0.25) is 9.59 Å². The monoisotopic (exact) mass is 326 g/mol. The van der Waals surface area contributed by atoms with Crippen molar-refractivity contribution >= 4 is 23.5 Å². The predicted octanol–water partition coefficient (Wildman–Crippen LogP) is 1.25. The third kappa shape index (κ3) is 3.30. The number of benzene rings is 1. The van der Waals surface area contributed by atoms with Gasteiger partial charge in [-0.15, -0.1) is 0 Å². The first-order valence-electron chi connectivity index (χ1n) is 6.99. The summed E-state index contributed by atoms with van der Waals surface area (Å²) in [5.41, 5.74) is 0.0386. The summed E-state index contributed by atoms with van der Waals surface area (Å²) in [6.07, 6.45) is 0.159. The maximum Gasteiger partial charge on any atom is 0.326 e. The van der Waals surface area contributed by atoms with Crippen LogP contribution in [0.5, 0.6) is 0 Å². The van der Waals surface area contributed by atoms with Crippen LogP contribution < -0.4 is 4.90 Å². The van der Waals surface area contributed by atoms with E-state index >= 15 is 0 Å². The summed E-state index contributed by atoms with van der Waals surface area (Å²) in [7, 11) is 1.30. The Morgan fingerprint density at radius 1 is 1.30 bits per heavy atom. The first-order valence-corrected chi connectivity index (χ1v) is 6.99. The van der Waals surface area contributed by atoms with Crippen molar-refractivity contribution in [2.24, 2.45) is 5.92 Å². The fourth-order valence-electron chi connectivity index (χ4n) is 2.46. The maximum atomic E-state index is 13.3. The highest BCUT2D eigenvalue weighted by Crippen LogP contribution is 2.28. The number of carbonyl (C=O) groups excluding carboxylic acids is 2. The average Bonchev–Trinajstić information content (AvgIpc) is 2.85. The summed E-state index contributed by atoms with van der Waals surface area (Å²) in [4.78, 5) is 37.7. The summed E-state index contributed by atoms with van der Waals surface area (Å²) >= 11 is 0. The molecule has 6 nitrogen and oxygen atoms in total. The zero-order valence-electron chi connectivity index (χ0n) is 12.6. The first kappa shape index (κ1) is 16.9. The van der Waals surface area contributed by atoms with Crippen LogP contribution in [0.4, 0.5) is 14.5 Å². The zero-order valence-corrected chi connectivity index (χ0v) is 12.6. The highest BCUT2D eigenvalue weighted by molar-refractivity contribution is 6.10. The summed E-state index contributed by atoms with van der Waals surface area (Å²) in [6, 6.07) is 1.64.